The molecule has 1 N–H and O–H groups in total. The number of rotatable bonds is 6. The van der Waals surface area contributed by atoms with Crippen molar-refractivity contribution < 1.29 is 24.2 Å². The highest BCUT2D eigenvalue weighted by Gasteiger charge is 2.49. The Balaban J connectivity index is 1.60. The van der Waals surface area contributed by atoms with Gasteiger partial charge in [-0.05, 0) is 68.3 Å². The number of aliphatic hydroxyl groups is 1. The third-order valence-electron chi connectivity index (χ3n) is 7.10. The lowest BCUT2D eigenvalue weighted by Crippen LogP contribution is -2.29. The minimum Gasteiger partial charge on any atom is -0.505 e. The minimum atomic E-state index is -1.01. The summed E-state index contributed by atoms with van der Waals surface area (Å²) >= 11 is 7.43. The molecule has 6 rings (SSSR count). The zero-order valence-electron chi connectivity index (χ0n) is 22.6. The molecule has 208 valence electrons. The van der Waals surface area contributed by atoms with Crippen LogP contribution in [0.2, 0.25) is 5.02 Å². The van der Waals surface area contributed by atoms with E-state index in [-0.39, 0.29) is 17.0 Å². The van der Waals surface area contributed by atoms with Crippen LogP contribution >= 0.6 is 22.9 Å². The van der Waals surface area contributed by atoms with E-state index in [1.165, 1.54) is 23.3 Å². The number of methoxy groups -OCH3 is 1. The number of benzene rings is 2. The zero-order chi connectivity index (χ0) is 29.0. The van der Waals surface area contributed by atoms with Gasteiger partial charge in [-0.1, -0.05) is 35.1 Å². The molecule has 0 bridgehead atoms. The van der Waals surface area contributed by atoms with E-state index in [9.17, 15) is 14.7 Å². The van der Waals surface area contributed by atoms with Crippen LogP contribution < -0.4 is 14.4 Å². The van der Waals surface area contributed by atoms with Crippen molar-refractivity contribution in [1.29, 1.82) is 0 Å². The second kappa shape index (κ2) is 10.2. The van der Waals surface area contributed by atoms with E-state index in [2.05, 4.69) is 9.97 Å². The Kier molecular flexibility index (Phi) is 6.67. The molecule has 0 saturated carbocycles. The number of aryl methyl sites for hydroxylation is 2. The maximum absolute atomic E-state index is 13.7. The fraction of sp³-hybridized carbons (Fsp3) is 0.200. The summed E-state index contributed by atoms with van der Waals surface area (Å²) in [5, 5.41) is 12.6. The van der Waals surface area contributed by atoms with Crippen LogP contribution in [0.1, 0.15) is 35.5 Å². The first-order valence-electron chi connectivity index (χ1n) is 12.9. The predicted octanol–water partition coefficient (Wildman–Crippen LogP) is 6.25. The molecule has 4 heterocycles. The summed E-state index contributed by atoms with van der Waals surface area (Å²) in [5.41, 5.74) is 3.45. The summed E-state index contributed by atoms with van der Waals surface area (Å²) in [4.78, 5) is 38.1. The molecule has 1 aliphatic heterocycles. The van der Waals surface area contributed by atoms with Gasteiger partial charge in [-0.3, -0.25) is 14.5 Å². The van der Waals surface area contributed by atoms with E-state index >= 15 is 0 Å². The van der Waals surface area contributed by atoms with Crippen molar-refractivity contribution in [2.24, 2.45) is 0 Å². The molecule has 1 atom stereocenters. The number of amides is 1. The van der Waals surface area contributed by atoms with E-state index < -0.39 is 17.7 Å². The van der Waals surface area contributed by atoms with Crippen LogP contribution in [0, 0.1) is 13.8 Å². The number of aromatic nitrogens is 3. The highest BCUT2D eigenvalue weighted by Crippen LogP contribution is 2.46. The van der Waals surface area contributed by atoms with Gasteiger partial charge in [0.15, 0.2) is 22.4 Å². The number of Topliss-reactive ketones (excluding diaryl/α,β-unsaturated/α-hetero) is 1. The molecule has 11 heteroatoms. The lowest BCUT2D eigenvalue weighted by molar-refractivity contribution is -0.132. The van der Waals surface area contributed by atoms with E-state index in [4.69, 9.17) is 21.1 Å². The number of imidazole rings is 1. The number of carbonyl (C=O) groups is 2. The van der Waals surface area contributed by atoms with Crippen LogP contribution in [0.15, 0.2) is 60.3 Å². The van der Waals surface area contributed by atoms with Gasteiger partial charge in [0.2, 0.25) is 0 Å². The average molecular weight is 589 g/mol. The van der Waals surface area contributed by atoms with Crippen LogP contribution in [0.4, 0.5) is 5.13 Å². The Morgan fingerprint density at radius 1 is 1.10 bits per heavy atom. The molecule has 9 nitrogen and oxygen atoms in total. The summed E-state index contributed by atoms with van der Waals surface area (Å²) in [7, 11) is 1.51. The molecular formula is C30H25ClN4O5S. The molecule has 0 aliphatic carbocycles. The van der Waals surface area contributed by atoms with Crippen LogP contribution in [0.3, 0.4) is 0 Å². The smallest absolute Gasteiger partial charge is 0.301 e. The number of halogens is 1. The molecule has 1 aliphatic rings. The molecule has 0 radical (unpaired) electrons. The topological polar surface area (TPSA) is 106 Å². The highest BCUT2D eigenvalue weighted by molar-refractivity contribution is 7.22. The largest absolute Gasteiger partial charge is 0.505 e. The van der Waals surface area contributed by atoms with Gasteiger partial charge in [0.1, 0.15) is 11.3 Å². The van der Waals surface area contributed by atoms with Crippen LogP contribution in [-0.2, 0) is 9.59 Å². The number of pyridine rings is 1. The van der Waals surface area contributed by atoms with Crippen molar-refractivity contribution in [1.82, 2.24) is 14.4 Å². The van der Waals surface area contributed by atoms with Crippen molar-refractivity contribution in [2.75, 3.05) is 18.6 Å². The first-order valence-corrected chi connectivity index (χ1v) is 14.0. The number of aliphatic hydroxyl groups excluding tert-OH is 1. The molecule has 3 aromatic heterocycles. The Morgan fingerprint density at radius 2 is 1.90 bits per heavy atom. The summed E-state index contributed by atoms with van der Waals surface area (Å²) in [6, 6.07) is 13.2. The number of hydrogen-bond acceptors (Lipinski definition) is 8. The molecule has 1 amide bonds. The van der Waals surface area contributed by atoms with Crippen LogP contribution in [0.5, 0.6) is 11.5 Å². The maximum Gasteiger partial charge on any atom is 0.301 e. The van der Waals surface area contributed by atoms with Gasteiger partial charge in [0.05, 0.1) is 41.2 Å². The minimum absolute atomic E-state index is 0.0948. The lowest BCUT2D eigenvalue weighted by Gasteiger charge is -2.23. The van der Waals surface area contributed by atoms with Gasteiger partial charge < -0.3 is 19.0 Å². The lowest BCUT2D eigenvalue weighted by atomic mass is 9.96. The third kappa shape index (κ3) is 4.30. The molecular weight excluding hydrogens is 564 g/mol. The van der Waals surface area contributed by atoms with Crippen molar-refractivity contribution in [3.63, 3.8) is 0 Å². The van der Waals surface area contributed by atoms with Gasteiger partial charge in [-0.15, -0.1) is 0 Å². The Hall–Kier alpha value is -4.41. The number of fused-ring (bicyclic) bond motifs is 2. The zero-order valence-corrected chi connectivity index (χ0v) is 24.2. The van der Waals surface area contributed by atoms with Crippen molar-refractivity contribution >= 4 is 61.4 Å². The van der Waals surface area contributed by atoms with E-state index in [1.807, 2.05) is 36.6 Å². The number of ether oxygens (including phenoxy) is 2. The molecule has 2 aromatic carbocycles. The van der Waals surface area contributed by atoms with Gasteiger partial charge in [-0.25, -0.2) is 9.97 Å². The number of ketones is 1. The highest BCUT2D eigenvalue weighted by atomic mass is 35.5. The number of thiazole rings is 1. The summed E-state index contributed by atoms with van der Waals surface area (Å²) in [6.45, 7) is 6.00. The second-order valence-corrected chi connectivity index (χ2v) is 11.0. The summed E-state index contributed by atoms with van der Waals surface area (Å²) < 4.78 is 13.9. The molecule has 1 saturated heterocycles. The van der Waals surface area contributed by atoms with Crippen molar-refractivity contribution in [2.45, 2.75) is 26.8 Å². The van der Waals surface area contributed by atoms with E-state index in [1.54, 1.807) is 43.3 Å². The SMILES string of the molecule is CCOc1ccc(C2/C(=C(\O)c3nc4c(C)cccn4c3C)C(=O)C(=O)N2c2nc3ccc(Cl)cc3s2)cc1OC. The van der Waals surface area contributed by atoms with E-state index in [0.717, 1.165) is 10.3 Å². The van der Waals surface area contributed by atoms with Crippen LogP contribution in [-0.4, -0.2) is 44.9 Å². The standard InChI is InChI=1S/C30H25ClN4O5S/c1-5-40-20-11-8-17(13-21(20)39-4)25-23(26(36)24-16(3)34-12-6-7-15(2)28(34)33-24)27(37)29(38)35(25)30-32-19-10-9-18(31)14-22(19)41-30/h6-14,25,36H,5H2,1-4H3/b26-23+. The Bertz CT molecular complexity index is 1910. The second-order valence-electron chi connectivity index (χ2n) is 9.55. The average Bonchev–Trinajstić information content (AvgIpc) is 3.61. The van der Waals surface area contributed by atoms with Gasteiger partial charge >= 0.3 is 5.91 Å². The normalized spacial score (nSPS) is 16.7. The number of nitrogens with zero attached hydrogens (tertiary/aromatic N) is 4. The van der Waals surface area contributed by atoms with Gasteiger partial charge in [-0.2, -0.15) is 0 Å². The molecule has 1 unspecified atom stereocenters. The van der Waals surface area contributed by atoms with Gasteiger partial charge in [0.25, 0.3) is 5.78 Å². The summed E-state index contributed by atoms with van der Waals surface area (Å²) in [5.74, 6) is -1.09. The number of anilines is 1. The van der Waals surface area contributed by atoms with E-state index in [0.29, 0.717) is 50.7 Å². The Labute approximate surface area is 244 Å². The summed E-state index contributed by atoms with van der Waals surface area (Å²) in [6.07, 6.45) is 1.83. The number of hydrogen-bond donors (Lipinski definition) is 1. The molecule has 5 aromatic rings. The maximum atomic E-state index is 13.7. The fourth-order valence-corrected chi connectivity index (χ4v) is 6.41. The fourth-order valence-electron chi connectivity index (χ4n) is 5.14. The third-order valence-corrected chi connectivity index (χ3v) is 8.35. The monoisotopic (exact) mass is 588 g/mol. The number of carbonyl (C=O) groups excluding carboxylic acids is 2. The van der Waals surface area contributed by atoms with Crippen molar-refractivity contribution in [3.05, 3.63) is 87.8 Å². The predicted molar refractivity (Wildman–Crippen MR) is 158 cm³/mol. The van der Waals surface area contributed by atoms with Crippen LogP contribution in [0.25, 0.3) is 21.6 Å². The van der Waals surface area contributed by atoms with Gasteiger partial charge in [0, 0.05) is 11.2 Å². The molecule has 41 heavy (non-hydrogen) atoms. The molecule has 1 fully saturated rings. The van der Waals surface area contributed by atoms with Crippen molar-refractivity contribution in [3.8, 4) is 11.5 Å². The first-order chi connectivity index (χ1) is 19.7. The first kappa shape index (κ1) is 26.8. The Morgan fingerprint density at radius 3 is 2.63 bits per heavy atom. The molecule has 0 spiro atoms. The quantitative estimate of drug-likeness (QED) is 0.142.